The van der Waals surface area contributed by atoms with E-state index in [0.717, 1.165) is 55.3 Å². The van der Waals surface area contributed by atoms with Gasteiger partial charge in [-0.2, -0.15) is 0 Å². The number of H-pyrrole nitrogens is 1. The van der Waals surface area contributed by atoms with Crippen molar-refractivity contribution in [3.05, 3.63) is 71.1 Å². The number of rotatable bonds is 4. The Morgan fingerprint density at radius 2 is 1.87 bits per heavy atom. The lowest BCUT2D eigenvalue weighted by molar-refractivity contribution is 0.132. The van der Waals surface area contributed by atoms with E-state index in [0.29, 0.717) is 23.5 Å². The molecule has 31 heavy (non-hydrogen) atoms. The number of oxazole rings is 1. The number of fused-ring (bicyclic) bond motifs is 1. The normalized spacial score (nSPS) is 17.5. The summed E-state index contributed by atoms with van der Waals surface area (Å²) in [4.78, 5) is 14.6. The van der Waals surface area contributed by atoms with E-state index >= 15 is 0 Å². The van der Waals surface area contributed by atoms with Gasteiger partial charge in [0.1, 0.15) is 29.0 Å². The van der Waals surface area contributed by atoms with Gasteiger partial charge in [-0.05, 0) is 62.7 Å². The van der Waals surface area contributed by atoms with Crippen LogP contribution in [0.3, 0.4) is 0 Å². The molecule has 8 heteroatoms. The molecule has 1 aliphatic rings. The van der Waals surface area contributed by atoms with Crippen molar-refractivity contribution in [1.82, 2.24) is 19.9 Å². The second kappa shape index (κ2) is 7.85. The number of piperidine rings is 1. The van der Waals surface area contributed by atoms with E-state index in [1.165, 1.54) is 12.1 Å². The summed E-state index contributed by atoms with van der Waals surface area (Å²) in [6.45, 7) is 3.10. The van der Waals surface area contributed by atoms with Gasteiger partial charge in [-0.3, -0.25) is 4.90 Å². The number of aromatic nitrogens is 3. The van der Waals surface area contributed by atoms with Crippen LogP contribution in [0.25, 0.3) is 22.5 Å². The molecule has 2 aromatic heterocycles. The summed E-state index contributed by atoms with van der Waals surface area (Å²) in [5.74, 6) is -0.0194. The van der Waals surface area contributed by atoms with E-state index in [4.69, 9.17) is 4.42 Å². The van der Waals surface area contributed by atoms with Crippen LogP contribution >= 0.6 is 0 Å². The number of hydrogen-bond donors (Lipinski definition) is 1. The van der Waals surface area contributed by atoms with Gasteiger partial charge in [-0.15, -0.1) is 0 Å². The molecular weight excluding hydrogens is 405 g/mol. The van der Waals surface area contributed by atoms with Crippen LogP contribution in [0.1, 0.15) is 42.6 Å². The molecule has 0 amide bonds. The summed E-state index contributed by atoms with van der Waals surface area (Å²) in [5.41, 5.74) is 2.07. The molecule has 0 unspecified atom stereocenters. The van der Waals surface area contributed by atoms with Crippen LogP contribution in [0, 0.1) is 24.4 Å². The van der Waals surface area contributed by atoms with Crippen molar-refractivity contribution in [1.29, 1.82) is 0 Å². The minimum atomic E-state index is -0.584. The third kappa shape index (κ3) is 3.83. The smallest absolute Gasteiger partial charge is 0.229 e. The minimum absolute atomic E-state index is 0.00357. The molecular formula is C23H21F3N4O. The minimum Gasteiger partial charge on any atom is -0.441 e. The second-order valence-corrected chi connectivity index (χ2v) is 7.91. The molecule has 1 fully saturated rings. The highest BCUT2D eigenvalue weighted by molar-refractivity contribution is 5.75. The van der Waals surface area contributed by atoms with E-state index in [9.17, 15) is 13.2 Å². The van der Waals surface area contributed by atoms with Crippen molar-refractivity contribution < 1.29 is 17.6 Å². The summed E-state index contributed by atoms with van der Waals surface area (Å²) in [7, 11) is 0. The number of halogens is 3. The Bertz CT molecular complexity index is 1250. The first-order valence-corrected chi connectivity index (χ1v) is 10.3. The van der Waals surface area contributed by atoms with Crippen LogP contribution < -0.4 is 0 Å². The predicted molar refractivity (Wildman–Crippen MR) is 110 cm³/mol. The molecule has 1 atom stereocenters. The molecule has 3 heterocycles. The predicted octanol–water partition coefficient (Wildman–Crippen LogP) is 5.67. The molecule has 1 saturated heterocycles. The molecule has 160 valence electrons. The van der Waals surface area contributed by atoms with E-state index in [1.807, 2.05) is 0 Å². The SMILES string of the molecule is Cc1oc(-c2cc(F)ccc2F)nc1CN1CCCC[C@H]1c1nc2ccc(F)cc2[nH]1. The molecule has 0 saturated carbocycles. The van der Waals surface area contributed by atoms with E-state index in [-0.39, 0.29) is 23.3 Å². The topological polar surface area (TPSA) is 58.0 Å². The number of aryl methyl sites for hydroxylation is 1. The highest BCUT2D eigenvalue weighted by Crippen LogP contribution is 2.33. The first-order chi connectivity index (χ1) is 15.0. The van der Waals surface area contributed by atoms with Gasteiger partial charge >= 0.3 is 0 Å². The molecule has 0 aliphatic carbocycles. The highest BCUT2D eigenvalue weighted by atomic mass is 19.1. The van der Waals surface area contributed by atoms with Crippen molar-refractivity contribution >= 4 is 11.0 Å². The lowest BCUT2D eigenvalue weighted by atomic mass is 10.0. The largest absolute Gasteiger partial charge is 0.441 e. The Hall–Kier alpha value is -3.13. The number of imidazole rings is 1. The molecule has 2 aromatic carbocycles. The first kappa shape index (κ1) is 19.8. The van der Waals surface area contributed by atoms with E-state index in [2.05, 4.69) is 19.9 Å². The zero-order valence-corrected chi connectivity index (χ0v) is 17.0. The number of likely N-dealkylation sites (tertiary alicyclic amines) is 1. The number of benzene rings is 2. The highest BCUT2D eigenvalue weighted by Gasteiger charge is 2.28. The standard InChI is InChI=1S/C23H21F3N4O/c1-13-20(29-23(31-13)16-10-14(24)5-7-17(16)26)12-30-9-3-2-4-21(30)22-27-18-8-6-15(25)11-19(18)28-22/h5-8,10-11,21H,2-4,9,12H2,1H3,(H,27,28)/t21-/m0/s1. The fourth-order valence-corrected chi connectivity index (χ4v) is 4.19. The Labute approximate surface area is 176 Å². The molecule has 1 aliphatic heterocycles. The molecule has 4 aromatic rings. The summed E-state index contributed by atoms with van der Waals surface area (Å²) in [6.07, 6.45) is 3.00. The second-order valence-electron chi connectivity index (χ2n) is 7.91. The van der Waals surface area contributed by atoms with Gasteiger partial charge in [0.15, 0.2) is 0 Å². The van der Waals surface area contributed by atoms with Crippen LogP contribution in [0.15, 0.2) is 40.8 Å². The van der Waals surface area contributed by atoms with Crippen LogP contribution in [0.5, 0.6) is 0 Å². The number of hydrogen-bond acceptors (Lipinski definition) is 4. The number of nitrogens with one attached hydrogen (secondary N) is 1. The van der Waals surface area contributed by atoms with Crippen LogP contribution in [0.2, 0.25) is 0 Å². The monoisotopic (exact) mass is 426 g/mol. The third-order valence-electron chi connectivity index (χ3n) is 5.80. The van der Waals surface area contributed by atoms with Crippen LogP contribution in [-0.2, 0) is 6.54 Å². The average Bonchev–Trinajstić information content (AvgIpc) is 3.33. The van der Waals surface area contributed by atoms with Gasteiger partial charge in [0.05, 0.1) is 28.3 Å². The zero-order chi connectivity index (χ0) is 21.5. The zero-order valence-electron chi connectivity index (χ0n) is 17.0. The molecule has 0 radical (unpaired) electrons. The molecule has 5 rings (SSSR count). The van der Waals surface area contributed by atoms with Gasteiger partial charge < -0.3 is 9.40 Å². The molecule has 1 N–H and O–H groups in total. The number of nitrogens with zero attached hydrogens (tertiary/aromatic N) is 3. The van der Waals surface area contributed by atoms with Gasteiger partial charge in [0.25, 0.3) is 0 Å². The maximum Gasteiger partial charge on any atom is 0.229 e. The summed E-state index contributed by atoms with van der Waals surface area (Å²) >= 11 is 0. The third-order valence-corrected chi connectivity index (χ3v) is 5.80. The van der Waals surface area contributed by atoms with Gasteiger partial charge in [-0.25, -0.2) is 23.1 Å². The van der Waals surface area contributed by atoms with Crippen molar-refractivity contribution in [2.75, 3.05) is 6.54 Å². The van der Waals surface area contributed by atoms with Crippen LogP contribution in [-0.4, -0.2) is 26.4 Å². The van der Waals surface area contributed by atoms with Gasteiger partial charge in [0.2, 0.25) is 5.89 Å². The summed E-state index contributed by atoms with van der Waals surface area (Å²) < 4.78 is 47.0. The Morgan fingerprint density at radius 3 is 2.74 bits per heavy atom. The van der Waals surface area contributed by atoms with Crippen molar-refractivity contribution in [3.8, 4) is 11.5 Å². The molecule has 0 bridgehead atoms. The van der Waals surface area contributed by atoms with Gasteiger partial charge in [-0.1, -0.05) is 6.42 Å². The van der Waals surface area contributed by atoms with Crippen molar-refractivity contribution in [2.45, 2.75) is 38.8 Å². The van der Waals surface area contributed by atoms with Gasteiger partial charge in [0, 0.05) is 6.54 Å². The summed E-state index contributed by atoms with van der Waals surface area (Å²) in [5, 5.41) is 0. The maximum absolute atomic E-state index is 14.2. The fourth-order valence-electron chi connectivity index (χ4n) is 4.19. The maximum atomic E-state index is 14.2. The van der Waals surface area contributed by atoms with E-state index in [1.54, 1.807) is 13.0 Å². The van der Waals surface area contributed by atoms with Crippen LogP contribution in [0.4, 0.5) is 13.2 Å². The Balaban J connectivity index is 1.44. The Kier molecular flexibility index (Phi) is 5.02. The van der Waals surface area contributed by atoms with Crippen molar-refractivity contribution in [2.24, 2.45) is 0 Å². The fraction of sp³-hybridized carbons (Fsp3) is 0.304. The number of aromatic amines is 1. The van der Waals surface area contributed by atoms with E-state index < -0.39 is 11.6 Å². The molecule has 0 spiro atoms. The average molecular weight is 426 g/mol. The molecule has 5 nitrogen and oxygen atoms in total. The quantitative estimate of drug-likeness (QED) is 0.457. The first-order valence-electron chi connectivity index (χ1n) is 10.3. The summed E-state index contributed by atoms with van der Waals surface area (Å²) in [6, 6.07) is 7.75. The lowest BCUT2D eigenvalue weighted by Gasteiger charge is -2.34. The lowest BCUT2D eigenvalue weighted by Crippen LogP contribution is -2.33. The van der Waals surface area contributed by atoms with Crippen molar-refractivity contribution in [3.63, 3.8) is 0 Å². The Morgan fingerprint density at radius 1 is 1.06 bits per heavy atom.